The molecule has 0 aliphatic heterocycles. The second-order valence-electron chi connectivity index (χ2n) is 5.55. The summed E-state index contributed by atoms with van der Waals surface area (Å²) in [7, 11) is 1.83. The molecule has 20 heavy (non-hydrogen) atoms. The molecule has 2 nitrogen and oxygen atoms in total. The minimum absolute atomic E-state index is 0.157. The number of nitrogens with zero attached hydrogens (tertiary/aromatic N) is 1. The Morgan fingerprint density at radius 1 is 1.00 bits per heavy atom. The van der Waals surface area contributed by atoms with Gasteiger partial charge in [0.15, 0.2) is 0 Å². The number of ether oxygens (including phenoxy) is 1. The second-order valence-corrected chi connectivity index (χ2v) is 5.55. The van der Waals surface area contributed by atoms with Gasteiger partial charge < -0.3 is 4.74 Å². The summed E-state index contributed by atoms with van der Waals surface area (Å²) in [6.07, 6.45) is 5.18. The number of benzene rings is 1. The van der Waals surface area contributed by atoms with Crippen molar-refractivity contribution >= 4 is 0 Å². The molecule has 2 heteroatoms. The van der Waals surface area contributed by atoms with E-state index in [0.29, 0.717) is 6.04 Å². The summed E-state index contributed by atoms with van der Waals surface area (Å²) in [5, 5.41) is 0. The van der Waals surface area contributed by atoms with E-state index in [1.165, 1.54) is 44.3 Å². The van der Waals surface area contributed by atoms with Crippen LogP contribution in [-0.2, 0) is 4.74 Å². The van der Waals surface area contributed by atoms with Crippen LogP contribution in [0.4, 0.5) is 0 Å². The van der Waals surface area contributed by atoms with Crippen molar-refractivity contribution in [1.82, 2.24) is 4.90 Å². The van der Waals surface area contributed by atoms with Crippen LogP contribution < -0.4 is 0 Å². The maximum atomic E-state index is 5.80. The van der Waals surface area contributed by atoms with Crippen LogP contribution in [-0.4, -0.2) is 31.1 Å². The highest BCUT2D eigenvalue weighted by Crippen LogP contribution is 2.24. The lowest BCUT2D eigenvalue weighted by Gasteiger charge is -2.34. The minimum Gasteiger partial charge on any atom is -0.375 e. The Hall–Kier alpha value is -0.860. The first-order valence-electron chi connectivity index (χ1n) is 8.06. The summed E-state index contributed by atoms with van der Waals surface area (Å²) in [5.74, 6) is 0. The first-order valence-corrected chi connectivity index (χ1v) is 8.06. The number of methoxy groups -OCH3 is 1. The maximum absolute atomic E-state index is 5.80. The topological polar surface area (TPSA) is 12.5 Å². The van der Waals surface area contributed by atoms with E-state index in [-0.39, 0.29) is 6.10 Å². The number of rotatable bonds is 10. The normalized spacial score (nSPS) is 14.4. The van der Waals surface area contributed by atoms with E-state index in [1.807, 2.05) is 7.11 Å². The Labute approximate surface area is 125 Å². The fourth-order valence-corrected chi connectivity index (χ4v) is 2.69. The van der Waals surface area contributed by atoms with E-state index < -0.39 is 0 Å². The van der Waals surface area contributed by atoms with Crippen LogP contribution in [0.15, 0.2) is 30.3 Å². The van der Waals surface area contributed by atoms with Crippen molar-refractivity contribution in [2.24, 2.45) is 0 Å². The van der Waals surface area contributed by atoms with E-state index in [0.717, 1.165) is 0 Å². The molecule has 0 saturated carbocycles. The SMILES string of the molecule is CCCCN(CCCC)[C@@H](C)[C@H](OC)c1ccccc1. The molecule has 114 valence electrons. The molecule has 0 saturated heterocycles. The van der Waals surface area contributed by atoms with Crippen molar-refractivity contribution in [2.45, 2.75) is 58.6 Å². The fraction of sp³-hybridized carbons (Fsp3) is 0.667. The smallest absolute Gasteiger partial charge is 0.0973 e. The van der Waals surface area contributed by atoms with E-state index in [2.05, 4.69) is 56.0 Å². The lowest BCUT2D eigenvalue weighted by Crippen LogP contribution is -2.39. The van der Waals surface area contributed by atoms with Crippen molar-refractivity contribution < 1.29 is 4.74 Å². The van der Waals surface area contributed by atoms with Gasteiger partial charge in [-0.1, -0.05) is 57.0 Å². The summed E-state index contributed by atoms with van der Waals surface area (Å²) in [4.78, 5) is 2.59. The maximum Gasteiger partial charge on any atom is 0.0973 e. The molecule has 0 N–H and O–H groups in total. The zero-order valence-corrected chi connectivity index (χ0v) is 13.6. The number of hydrogen-bond acceptors (Lipinski definition) is 2. The summed E-state index contributed by atoms with van der Waals surface area (Å²) in [6, 6.07) is 11.0. The monoisotopic (exact) mass is 277 g/mol. The van der Waals surface area contributed by atoms with Crippen molar-refractivity contribution in [3.63, 3.8) is 0 Å². The molecular formula is C18H31NO. The van der Waals surface area contributed by atoms with Gasteiger partial charge in [-0.05, 0) is 38.4 Å². The quantitative estimate of drug-likeness (QED) is 0.616. The molecular weight excluding hydrogens is 246 g/mol. The largest absolute Gasteiger partial charge is 0.375 e. The highest BCUT2D eigenvalue weighted by molar-refractivity contribution is 5.19. The van der Waals surface area contributed by atoms with Crippen molar-refractivity contribution in [2.75, 3.05) is 20.2 Å². The summed E-state index contributed by atoms with van der Waals surface area (Å²) in [6.45, 7) is 9.16. The average Bonchev–Trinajstić information content (AvgIpc) is 2.49. The molecule has 0 aliphatic rings. The third-order valence-corrected chi connectivity index (χ3v) is 3.99. The summed E-state index contributed by atoms with van der Waals surface area (Å²) < 4.78 is 5.80. The highest BCUT2D eigenvalue weighted by atomic mass is 16.5. The standard InChI is InChI=1S/C18H31NO/c1-5-7-14-19(15-8-6-2)16(3)18(20-4)17-12-10-9-11-13-17/h9-13,16,18H,5-8,14-15H2,1-4H3/t16-,18-/m0/s1. The lowest BCUT2D eigenvalue weighted by atomic mass is 10.0. The van der Waals surface area contributed by atoms with Gasteiger partial charge in [0.1, 0.15) is 0 Å². The number of hydrogen-bond donors (Lipinski definition) is 0. The second kappa shape index (κ2) is 9.95. The summed E-state index contributed by atoms with van der Waals surface area (Å²) >= 11 is 0. The third-order valence-electron chi connectivity index (χ3n) is 3.99. The zero-order valence-electron chi connectivity index (χ0n) is 13.6. The minimum atomic E-state index is 0.157. The third kappa shape index (κ3) is 5.26. The van der Waals surface area contributed by atoms with Crippen LogP contribution in [0, 0.1) is 0 Å². The molecule has 0 aromatic heterocycles. The lowest BCUT2D eigenvalue weighted by molar-refractivity contribution is 0.0189. The van der Waals surface area contributed by atoms with Gasteiger partial charge in [-0.25, -0.2) is 0 Å². The van der Waals surface area contributed by atoms with Crippen LogP contribution in [0.5, 0.6) is 0 Å². The molecule has 2 atom stereocenters. The zero-order chi connectivity index (χ0) is 14.8. The molecule has 0 bridgehead atoms. The molecule has 1 rings (SSSR count). The average molecular weight is 277 g/mol. The van der Waals surface area contributed by atoms with Crippen LogP contribution >= 0.6 is 0 Å². The number of unbranched alkanes of at least 4 members (excludes halogenated alkanes) is 2. The summed E-state index contributed by atoms with van der Waals surface area (Å²) in [5.41, 5.74) is 1.28. The van der Waals surface area contributed by atoms with Crippen LogP contribution in [0.2, 0.25) is 0 Å². The molecule has 0 spiro atoms. The van der Waals surface area contributed by atoms with Gasteiger partial charge in [0, 0.05) is 13.2 Å². The van der Waals surface area contributed by atoms with Crippen molar-refractivity contribution in [1.29, 1.82) is 0 Å². The Bertz CT molecular complexity index is 331. The molecule has 0 radical (unpaired) electrons. The molecule has 0 amide bonds. The predicted octanol–water partition coefficient (Wildman–Crippen LogP) is 4.66. The predicted molar refractivity (Wildman–Crippen MR) is 87.0 cm³/mol. The van der Waals surface area contributed by atoms with Gasteiger partial charge in [0.25, 0.3) is 0 Å². The van der Waals surface area contributed by atoms with Crippen LogP contribution in [0.1, 0.15) is 58.1 Å². The molecule has 0 aliphatic carbocycles. The fourth-order valence-electron chi connectivity index (χ4n) is 2.69. The molecule has 0 heterocycles. The van der Waals surface area contributed by atoms with Gasteiger partial charge in [-0.3, -0.25) is 4.90 Å². The molecule has 0 fully saturated rings. The highest BCUT2D eigenvalue weighted by Gasteiger charge is 2.24. The van der Waals surface area contributed by atoms with Gasteiger partial charge >= 0.3 is 0 Å². The molecule has 1 aromatic rings. The van der Waals surface area contributed by atoms with Gasteiger partial charge in [-0.15, -0.1) is 0 Å². The van der Waals surface area contributed by atoms with Crippen molar-refractivity contribution in [3.05, 3.63) is 35.9 Å². The Balaban J connectivity index is 2.75. The Morgan fingerprint density at radius 2 is 1.55 bits per heavy atom. The molecule has 0 unspecified atom stereocenters. The van der Waals surface area contributed by atoms with E-state index in [4.69, 9.17) is 4.74 Å². The van der Waals surface area contributed by atoms with E-state index in [1.54, 1.807) is 0 Å². The first kappa shape index (κ1) is 17.2. The Morgan fingerprint density at radius 3 is 2.00 bits per heavy atom. The van der Waals surface area contributed by atoms with Crippen LogP contribution in [0.3, 0.4) is 0 Å². The van der Waals surface area contributed by atoms with Gasteiger partial charge in [0.2, 0.25) is 0 Å². The van der Waals surface area contributed by atoms with Crippen molar-refractivity contribution in [3.8, 4) is 0 Å². The van der Waals surface area contributed by atoms with Gasteiger partial charge in [-0.2, -0.15) is 0 Å². The molecule has 1 aromatic carbocycles. The van der Waals surface area contributed by atoms with E-state index >= 15 is 0 Å². The van der Waals surface area contributed by atoms with Crippen LogP contribution in [0.25, 0.3) is 0 Å². The van der Waals surface area contributed by atoms with E-state index in [9.17, 15) is 0 Å². The first-order chi connectivity index (χ1) is 9.74. The Kier molecular flexibility index (Phi) is 8.56. The van der Waals surface area contributed by atoms with Gasteiger partial charge in [0.05, 0.1) is 6.10 Å².